The normalized spacial score (nSPS) is 22.2. The summed E-state index contributed by atoms with van der Waals surface area (Å²) in [6.07, 6.45) is 1.21. The van der Waals surface area contributed by atoms with Gasteiger partial charge in [-0.15, -0.1) is 11.6 Å². The van der Waals surface area contributed by atoms with Gasteiger partial charge in [-0.05, 0) is 26.9 Å². The van der Waals surface area contributed by atoms with Crippen molar-refractivity contribution in [2.75, 3.05) is 14.1 Å². The maximum atomic E-state index is 6.25. The molecule has 0 aliphatic heterocycles. The van der Waals surface area contributed by atoms with Gasteiger partial charge < -0.3 is 4.90 Å². The summed E-state index contributed by atoms with van der Waals surface area (Å²) >= 11 is 6.25. The zero-order valence-electron chi connectivity index (χ0n) is 9.19. The molecule has 0 bridgehead atoms. The van der Waals surface area contributed by atoms with Crippen LogP contribution < -0.4 is 0 Å². The molecule has 0 aromatic rings. The Morgan fingerprint density at radius 2 is 1.83 bits per heavy atom. The van der Waals surface area contributed by atoms with Crippen LogP contribution in [0, 0.1) is 5.92 Å². The van der Waals surface area contributed by atoms with Crippen LogP contribution in [0.2, 0.25) is 0 Å². The van der Waals surface area contributed by atoms with Crippen LogP contribution in [0.15, 0.2) is 0 Å². The molecule has 1 nitrogen and oxygen atoms in total. The van der Waals surface area contributed by atoms with Crippen LogP contribution in [0.3, 0.4) is 0 Å². The van der Waals surface area contributed by atoms with Gasteiger partial charge in [-0.25, -0.2) is 0 Å². The van der Waals surface area contributed by atoms with Crippen molar-refractivity contribution in [3.63, 3.8) is 0 Å². The summed E-state index contributed by atoms with van der Waals surface area (Å²) in [6, 6.07) is 0. The minimum Gasteiger partial charge on any atom is -0.306 e. The van der Waals surface area contributed by atoms with E-state index < -0.39 is 0 Å². The van der Waals surface area contributed by atoms with E-state index in [1.807, 2.05) is 0 Å². The Balaban J connectivity index is 4.61. The number of hydrogen-bond donors (Lipinski definition) is 0. The van der Waals surface area contributed by atoms with Crippen LogP contribution in [0.25, 0.3) is 0 Å². The number of hydrogen-bond acceptors (Lipinski definition) is 1. The van der Waals surface area contributed by atoms with Gasteiger partial charge >= 0.3 is 0 Å². The average Bonchev–Trinajstić information content (AvgIpc) is 2.00. The minimum atomic E-state index is 0.245. The molecule has 74 valence electrons. The molecule has 0 amide bonds. The largest absolute Gasteiger partial charge is 0.306 e. The number of alkyl halides is 1. The van der Waals surface area contributed by atoms with Crippen LogP contribution in [0.4, 0.5) is 0 Å². The van der Waals surface area contributed by atoms with Crippen molar-refractivity contribution in [2.24, 2.45) is 5.92 Å². The van der Waals surface area contributed by atoms with Crippen molar-refractivity contribution in [1.82, 2.24) is 4.90 Å². The van der Waals surface area contributed by atoms with E-state index in [2.05, 4.69) is 39.8 Å². The first-order valence-corrected chi connectivity index (χ1v) is 6.12. The van der Waals surface area contributed by atoms with Crippen LogP contribution in [0.5, 0.6) is 0 Å². The monoisotopic (exact) mass is 207 g/mol. The fraction of sp³-hybridized carbons (Fsp3) is 1.00. The van der Waals surface area contributed by atoms with Crippen LogP contribution in [-0.2, 0) is 0 Å². The first-order chi connectivity index (χ1) is 5.37. The van der Waals surface area contributed by atoms with E-state index in [1.54, 1.807) is 0 Å². The maximum absolute atomic E-state index is 6.25. The van der Waals surface area contributed by atoms with Gasteiger partial charge in [0.1, 0.15) is 0 Å². The molecule has 0 N–H and O–H groups in total. The van der Waals surface area contributed by atoms with E-state index >= 15 is 0 Å². The SMILES string of the molecule is CCC(C)C([SiH3])(C(C)Cl)N(C)C. The zero-order valence-corrected chi connectivity index (χ0v) is 11.9. The van der Waals surface area contributed by atoms with Crippen molar-refractivity contribution in [2.45, 2.75) is 37.7 Å². The predicted molar refractivity (Wildman–Crippen MR) is 61.1 cm³/mol. The summed E-state index contributed by atoms with van der Waals surface area (Å²) in [7, 11) is 5.40. The lowest BCUT2D eigenvalue weighted by atomic mass is 9.94. The summed E-state index contributed by atoms with van der Waals surface area (Å²) in [5, 5.41) is 0.491. The Kier molecular flexibility index (Phi) is 4.81. The molecule has 0 saturated carbocycles. The number of halogens is 1. The zero-order chi connectivity index (χ0) is 9.94. The lowest BCUT2D eigenvalue weighted by Gasteiger charge is -2.44. The van der Waals surface area contributed by atoms with Crippen molar-refractivity contribution < 1.29 is 0 Å². The quantitative estimate of drug-likeness (QED) is 0.496. The third kappa shape index (κ3) is 2.24. The summed E-state index contributed by atoms with van der Waals surface area (Å²) < 4.78 is 0. The molecule has 0 spiro atoms. The van der Waals surface area contributed by atoms with E-state index in [4.69, 9.17) is 11.6 Å². The highest BCUT2D eigenvalue weighted by Crippen LogP contribution is 2.28. The summed E-state index contributed by atoms with van der Waals surface area (Å²) in [5.74, 6) is 0.687. The molecule has 0 radical (unpaired) electrons. The second kappa shape index (κ2) is 4.63. The molecule has 0 aliphatic rings. The Hall–Kier alpha value is 0.467. The van der Waals surface area contributed by atoms with Gasteiger partial charge in [-0.1, -0.05) is 20.3 Å². The lowest BCUT2D eigenvalue weighted by Crippen LogP contribution is -2.55. The van der Waals surface area contributed by atoms with Crippen molar-refractivity contribution in [3.8, 4) is 0 Å². The van der Waals surface area contributed by atoms with Gasteiger partial charge in [-0.2, -0.15) is 0 Å². The first kappa shape index (κ1) is 12.5. The fourth-order valence-electron chi connectivity index (χ4n) is 1.60. The molecule has 0 rings (SSSR count). The predicted octanol–water partition coefficient (Wildman–Crippen LogP) is 1.28. The van der Waals surface area contributed by atoms with Crippen LogP contribution >= 0.6 is 11.6 Å². The molecule has 12 heavy (non-hydrogen) atoms. The summed E-state index contributed by atoms with van der Waals surface area (Å²) in [4.78, 5) is 2.30. The number of rotatable bonds is 4. The van der Waals surface area contributed by atoms with Crippen LogP contribution in [0.1, 0.15) is 27.2 Å². The highest BCUT2D eigenvalue weighted by molar-refractivity contribution is 6.28. The molecular weight excluding hydrogens is 186 g/mol. The third-order valence-corrected chi connectivity index (χ3v) is 6.93. The smallest absolute Gasteiger partial charge is 0.0456 e. The van der Waals surface area contributed by atoms with Crippen LogP contribution in [-0.4, -0.2) is 39.8 Å². The van der Waals surface area contributed by atoms with Crippen molar-refractivity contribution in [3.05, 3.63) is 0 Å². The first-order valence-electron chi connectivity index (χ1n) is 4.68. The van der Waals surface area contributed by atoms with Gasteiger partial charge in [0, 0.05) is 20.8 Å². The Morgan fingerprint density at radius 3 is 1.92 bits per heavy atom. The topological polar surface area (TPSA) is 3.24 Å². The van der Waals surface area contributed by atoms with Crippen molar-refractivity contribution >= 4 is 21.8 Å². The molecule has 0 fully saturated rings. The van der Waals surface area contributed by atoms with Gasteiger partial charge in [0.25, 0.3) is 0 Å². The number of nitrogens with zero attached hydrogens (tertiary/aromatic N) is 1. The molecular formula is C9H22ClNSi. The van der Waals surface area contributed by atoms with E-state index in [0.29, 0.717) is 5.92 Å². The Morgan fingerprint density at radius 1 is 1.42 bits per heavy atom. The second-order valence-electron chi connectivity index (χ2n) is 4.05. The standard InChI is InChI=1S/C9H22ClNSi/c1-6-7(2)9(12,8(3)10)11(4)5/h7-8H,6H2,1-5,12H3. The fourth-order valence-corrected chi connectivity index (χ4v) is 2.42. The van der Waals surface area contributed by atoms with E-state index in [-0.39, 0.29) is 10.5 Å². The maximum Gasteiger partial charge on any atom is 0.0456 e. The minimum absolute atomic E-state index is 0.245. The highest BCUT2D eigenvalue weighted by atomic mass is 35.5. The van der Waals surface area contributed by atoms with E-state index in [9.17, 15) is 0 Å². The molecule has 0 heterocycles. The van der Waals surface area contributed by atoms with Gasteiger partial charge in [0.05, 0.1) is 0 Å². The molecule has 0 aliphatic carbocycles. The average molecular weight is 208 g/mol. The molecule has 3 heteroatoms. The Labute approximate surface area is 84.9 Å². The molecule has 3 unspecified atom stereocenters. The Bertz CT molecular complexity index is 128. The lowest BCUT2D eigenvalue weighted by molar-refractivity contribution is 0.168. The van der Waals surface area contributed by atoms with Crippen molar-refractivity contribution in [1.29, 1.82) is 0 Å². The molecule has 0 saturated heterocycles. The third-order valence-electron chi connectivity index (χ3n) is 3.38. The highest BCUT2D eigenvalue weighted by Gasteiger charge is 2.36. The molecule has 0 aromatic carbocycles. The van der Waals surface area contributed by atoms with Gasteiger partial charge in [-0.3, -0.25) is 0 Å². The molecule has 0 aromatic heterocycles. The summed E-state index contributed by atoms with van der Waals surface area (Å²) in [5.41, 5.74) is 0. The summed E-state index contributed by atoms with van der Waals surface area (Å²) in [6.45, 7) is 6.65. The second-order valence-corrected chi connectivity index (χ2v) is 6.30. The van der Waals surface area contributed by atoms with Gasteiger partial charge in [0.2, 0.25) is 0 Å². The van der Waals surface area contributed by atoms with E-state index in [0.717, 1.165) is 10.2 Å². The molecule has 3 atom stereocenters. The van der Waals surface area contributed by atoms with E-state index in [1.165, 1.54) is 6.42 Å². The van der Waals surface area contributed by atoms with Gasteiger partial charge in [0.15, 0.2) is 0 Å².